The molecule has 0 radical (unpaired) electrons. The summed E-state index contributed by atoms with van der Waals surface area (Å²) in [5.74, 6) is 0. The van der Waals surface area contributed by atoms with Gasteiger partial charge in [0.05, 0.1) is 4.90 Å². The minimum Gasteiger partial charge on any atom is -0.388 e. The van der Waals surface area contributed by atoms with Crippen molar-refractivity contribution in [3.63, 3.8) is 0 Å². The zero-order chi connectivity index (χ0) is 13.3. The summed E-state index contributed by atoms with van der Waals surface area (Å²) in [5, 5.41) is 4.98. The predicted octanol–water partition coefficient (Wildman–Crippen LogP) is 2.13. The van der Waals surface area contributed by atoms with Crippen LogP contribution in [0.4, 0.5) is 5.69 Å². The lowest BCUT2D eigenvalue weighted by molar-refractivity contribution is 0.521. The molecular weight excluding hydrogens is 248 g/mol. The van der Waals surface area contributed by atoms with Gasteiger partial charge in [-0.15, -0.1) is 0 Å². The Labute approximate surface area is 107 Å². The van der Waals surface area contributed by atoms with Crippen molar-refractivity contribution in [3.8, 4) is 0 Å². The Morgan fingerprint density at radius 1 is 1.00 bits per heavy atom. The summed E-state index contributed by atoms with van der Waals surface area (Å²) < 4.78 is 25.2. The Morgan fingerprint density at radius 3 is 2.22 bits per heavy atom. The van der Waals surface area contributed by atoms with Crippen LogP contribution in [-0.4, -0.2) is 33.9 Å². The molecule has 2 rings (SSSR count). The summed E-state index contributed by atoms with van der Waals surface area (Å²) in [7, 11) is 1.55. The zero-order valence-electron chi connectivity index (χ0n) is 10.6. The van der Waals surface area contributed by atoms with Gasteiger partial charge in [-0.2, -0.15) is 0 Å². The number of nitrogens with zero attached hydrogens (tertiary/aromatic N) is 1. The number of benzene rings is 2. The molecule has 0 unspecified atom stereocenters. The van der Waals surface area contributed by atoms with Crippen molar-refractivity contribution in [1.82, 2.24) is 4.31 Å². The van der Waals surface area contributed by atoms with E-state index in [-0.39, 0.29) is 0 Å². The second-order valence-corrected chi connectivity index (χ2v) is 6.41. The Bertz CT molecular complexity index is 678. The molecule has 0 aliphatic rings. The van der Waals surface area contributed by atoms with Crippen molar-refractivity contribution < 1.29 is 8.42 Å². The number of hydrogen-bond donors (Lipinski definition) is 1. The van der Waals surface area contributed by atoms with Crippen molar-refractivity contribution in [1.29, 1.82) is 0 Å². The standard InChI is InChI=1S/C13H16N2O2S/c1-14-12-6-4-11-9-13(7-5-10(11)8-12)18(16,17)15(2)3/h4-9,14H,1-3H3. The lowest BCUT2D eigenvalue weighted by atomic mass is 10.1. The summed E-state index contributed by atoms with van der Waals surface area (Å²) in [4.78, 5) is 0.317. The summed E-state index contributed by atoms with van der Waals surface area (Å²) in [5.41, 5.74) is 1.01. The number of rotatable bonds is 3. The first-order valence-electron chi connectivity index (χ1n) is 5.59. The van der Waals surface area contributed by atoms with Gasteiger partial charge in [0.1, 0.15) is 0 Å². The minimum atomic E-state index is -3.37. The van der Waals surface area contributed by atoms with Crippen molar-refractivity contribution in [2.24, 2.45) is 0 Å². The smallest absolute Gasteiger partial charge is 0.242 e. The molecule has 0 bridgehead atoms. The van der Waals surface area contributed by atoms with Gasteiger partial charge >= 0.3 is 0 Å². The quantitative estimate of drug-likeness (QED) is 0.924. The molecule has 0 spiro atoms. The van der Waals surface area contributed by atoms with Crippen molar-refractivity contribution in [3.05, 3.63) is 36.4 Å². The topological polar surface area (TPSA) is 49.4 Å². The van der Waals surface area contributed by atoms with E-state index in [0.717, 1.165) is 16.5 Å². The number of sulfonamides is 1. The molecule has 0 aliphatic heterocycles. The second-order valence-electron chi connectivity index (χ2n) is 4.26. The first-order chi connectivity index (χ1) is 8.45. The van der Waals surface area contributed by atoms with E-state index in [0.29, 0.717) is 4.90 Å². The maximum absolute atomic E-state index is 12.0. The van der Waals surface area contributed by atoms with Crippen molar-refractivity contribution in [2.45, 2.75) is 4.90 Å². The molecule has 0 fully saturated rings. The molecular formula is C13H16N2O2S. The molecule has 96 valence electrons. The van der Waals surface area contributed by atoms with Crippen LogP contribution in [0.25, 0.3) is 10.8 Å². The highest BCUT2D eigenvalue weighted by molar-refractivity contribution is 7.89. The molecule has 5 heteroatoms. The Kier molecular flexibility index (Phi) is 3.28. The van der Waals surface area contributed by atoms with Crippen LogP contribution >= 0.6 is 0 Å². The minimum absolute atomic E-state index is 0.317. The monoisotopic (exact) mass is 264 g/mol. The van der Waals surface area contributed by atoms with E-state index in [1.165, 1.54) is 18.4 Å². The van der Waals surface area contributed by atoms with Gasteiger partial charge < -0.3 is 5.32 Å². The van der Waals surface area contributed by atoms with E-state index < -0.39 is 10.0 Å². The molecule has 18 heavy (non-hydrogen) atoms. The van der Waals surface area contributed by atoms with E-state index >= 15 is 0 Å². The average Bonchev–Trinajstić information content (AvgIpc) is 2.37. The lowest BCUT2D eigenvalue weighted by Crippen LogP contribution is -2.22. The van der Waals surface area contributed by atoms with Crippen LogP contribution in [0.1, 0.15) is 0 Å². The first kappa shape index (κ1) is 12.9. The number of fused-ring (bicyclic) bond motifs is 1. The van der Waals surface area contributed by atoms with Crippen LogP contribution in [0.5, 0.6) is 0 Å². The average molecular weight is 264 g/mol. The lowest BCUT2D eigenvalue weighted by Gasteiger charge is -2.12. The highest BCUT2D eigenvalue weighted by Gasteiger charge is 2.17. The summed E-state index contributed by atoms with van der Waals surface area (Å²) >= 11 is 0. The Hall–Kier alpha value is -1.59. The summed E-state index contributed by atoms with van der Waals surface area (Å²) in [6.45, 7) is 0. The van der Waals surface area contributed by atoms with Crippen LogP contribution in [0.15, 0.2) is 41.3 Å². The third-order valence-corrected chi connectivity index (χ3v) is 4.69. The third-order valence-electron chi connectivity index (χ3n) is 2.88. The molecule has 0 aliphatic carbocycles. The molecule has 2 aromatic carbocycles. The van der Waals surface area contributed by atoms with E-state index in [2.05, 4.69) is 5.32 Å². The summed E-state index contributed by atoms with van der Waals surface area (Å²) in [6, 6.07) is 11.0. The summed E-state index contributed by atoms with van der Waals surface area (Å²) in [6.07, 6.45) is 0. The maximum atomic E-state index is 12.0. The SMILES string of the molecule is CNc1ccc2cc(S(=O)(=O)N(C)C)ccc2c1. The van der Waals surface area contributed by atoms with Gasteiger partial charge in [0.15, 0.2) is 0 Å². The maximum Gasteiger partial charge on any atom is 0.242 e. The normalized spacial score (nSPS) is 12.0. The molecule has 0 saturated carbocycles. The fraction of sp³-hybridized carbons (Fsp3) is 0.231. The molecule has 1 N–H and O–H groups in total. The van der Waals surface area contributed by atoms with Gasteiger partial charge in [0.25, 0.3) is 0 Å². The highest BCUT2D eigenvalue weighted by Crippen LogP contribution is 2.23. The third kappa shape index (κ3) is 2.19. The number of anilines is 1. The molecule has 0 aromatic heterocycles. The van der Waals surface area contributed by atoms with Gasteiger partial charge in [-0.3, -0.25) is 0 Å². The van der Waals surface area contributed by atoms with Crippen LogP contribution in [0.2, 0.25) is 0 Å². The second kappa shape index (κ2) is 4.59. The van der Waals surface area contributed by atoms with Gasteiger partial charge in [-0.05, 0) is 35.0 Å². The molecule has 0 heterocycles. The van der Waals surface area contributed by atoms with Crippen molar-refractivity contribution >= 4 is 26.5 Å². The zero-order valence-corrected chi connectivity index (χ0v) is 11.5. The Balaban J connectivity index is 2.59. The number of nitrogens with one attached hydrogen (secondary N) is 1. The van der Waals surface area contributed by atoms with Crippen LogP contribution in [-0.2, 0) is 10.0 Å². The van der Waals surface area contributed by atoms with Gasteiger partial charge in [0.2, 0.25) is 10.0 Å². The molecule has 0 amide bonds. The van der Waals surface area contributed by atoms with E-state index in [4.69, 9.17) is 0 Å². The van der Waals surface area contributed by atoms with Crippen LogP contribution in [0.3, 0.4) is 0 Å². The van der Waals surface area contributed by atoms with Crippen LogP contribution in [0, 0.1) is 0 Å². The van der Waals surface area contributed by atoms with Gasteiger partial charge in [-0.25, -0.2) is 12.7 Å². The molecule has 2 aromatic rings. The highest BCUT2D eigenvalue weighted by atomic mass is 32.2. The largest absolute Gasteiger partial charge is 0.388 e. The molecule has 4 nitrogen and oxygen atoms in total. The van der Waals surface area contributed by atoms with Gasteiger partial charge in [0, 0.05) is 26.8 Å². The van der Waals surface area contributed by atoms with Crippen molar-refractivity contribution in [2.75, 3.05) is 26.5 Å². The predicted molar refractivity (Wildman–Crippen MR) is 74.4 cm³/mol. The van der Waals surface area contributed by atoms with E-state index in [1.807, 2.05) is 31.3 Å². The van der Waals surface area contributed by atoms with Gasteiger partial charge in [-0.1, -0.05) is 12.1 Å². The Morgan fingerprint density at radius 2 is 1.61 bits per heavy atom. The fourth-order valence-corrected chi connectivity index (χ4v) is 2.69. The molecule has 0 saturated heterocycles. The molecule has 0 atom stereocenters. The van der Waals surface area contributed by atoms with E-state index in [1.54, 1.807) is 12.1 Å². The van der Waals surface area contributed by atoms with Crippen LogP contribution < -0.4 is 5.32 Å². The fourth-order valence-electron chi connectivity index (χ4n) is 1.75. The number of hydrogen-bond acceptors (Lipinski definition) is 3. The first-order valence-corrected chi connectivity index (χ1v) is 7.03. The van der Waals surface area contributed by atoms with E-state index in [9.17, 15) is 8.42 Å².